The maximum absolute atomic E-state index is 13.1. The summed E-state index contributed by atoms with van der Waals surface area (Å²) in [5, 5.41) is 13.1. The first kappa shape index (κ1) is 20.6. The molecule has 3 rings (SSSR count). The van der Waals surface area contributed by atoms with Crippen LogP contribution in [0.15, 0.2) is 23.1 Å². The molecule has 8 heteroatoms. The van der Waals surface area contributed by atoms with Crippen molar-refractivity contribution in [3.63, 3.8) is 0 Å². The fourth-order valence-corrected chi connectivity index (χ4v) is 5.92. The highest BCUT2D eigenvalue weighted by atomic mass is 35.5. The number of piperidine rings is 1. The van der Waals surface area contributed by atoms with E-state index in [1.807, 2.05) is 0 Å². The van der Waals surface area contributed by atoms with Gasteiger partial charge in [0.2, 0.25) is 15.9 Å². The highest BCUT2D eigenvalue weighted by molar-refractivity contribution is 7.89. The van der Waals surface area contributed by atoms with Gasteiger partial charge in [0.1, 0.15) is 0 Å². The second-order valence-electron chi connectivity index (χ2n) is 7.58. The third kappa shape index (κ3) is 4.65. The summed E-state index contributed by atoms with van der Waals surface area (Å²) in [5.41, 5.74) is 0.534. The van der Waals surface area contributed by atoms with E-state index in [0.717, 1.165) is 12.8 Å². The Balaban J connectivity index is 1.68. The van der Waals surface area contributed by atoms with Crippen LogP contribution in [0.4, 0.5) is 0 Å². The van der Waals surface area contributed by atoms with Gasteiger partial charge in [-0.2, -0.15) is 4.31 Å². The summed E-state index contributed by atoms with van der Waals surface area (Å²) in [4.78, 5) is 12.9. The van der Waals surface area contributed by atoms with E-state index in [9.17, 15) is 18.3 Å². The van der Waals surface area contributed by atoms with Gasteiger partial charge in [0, 0.05) is 24.2 Å². The normalized spacial score (nSPS) is 27.3. The molecule has 1 aliphatic heterocycles. The van der Waals surface area contributed by atoms with Crippen molar-refractivity contribution in [3.05, 3.63) is 28.8 Å². The Morgan fingerprint density at radius 3 is 2.63 bits per heavy atom. The minimum Gasteiger partial charge on any atom is -0.393 e. The molecule has 1 atom stereocenters. The molecule has 1 saturated heterocycles. The standard InChI is InChI=1S/C19H27ClN2O4S/c1-13-17(20)5-2-6-18(13)27(25,26)22-11-3-4-14(12-22)19(24)21-15-7-9-16(23)10-8-15/h2,5-6,14-16,23H,3-4,7-12H2,1H3,(H,21,24)/t14-,15-,16-/m0/s1. The zero-order chi connectivity index (χ0) is 19.6. The van der Waals surface area contributed by atoms with Gasteiger partial charge >= 0.3 is 0 Å². The quantitative estimate of drug-likeness (QED) is 0.792. The predicted molar refractivity (Wildman–Crippen MR) is 104 cm³/mol. The minimum absolute atomic E-state index is 0.0723. The van der Waals surface area contributed by atoms with Crippen LogP contribution in [0.5, 0.6) is 0 Å². The van der Waals surface area contributed by atoms with Gasteiger partial charge in [-0.05, 0) is 63.1 Å². The Morgan fingerprint density at radius 2 is 1.93 bits per heavy atom. The Morgan fingerprint density at radius 1 is 1.22 bits per heavy atom. The number of rotatable bonds is 4. The molecule has 2 N–H and O–H groups in total. The smallest absolute Gasteiger partial charge is 0.243 e. The number of carbonyl (C=O) groups excluding carboxylic acids is 1. The molecule has 0 unspecified atom stereocenters. The van der Waals surface area contributed by atoms with Crippen molar-refractivity contribution in [1.82, 2.24) is 9.62 Å². The average molecular weight is 415 g/mol. The van der Waals surface area contributed by atoms with Crippen molar-refractivity contribution in [2.45, 2.75) is 62.5 Å². The molecule has 1 aromatic carbocycles. The predicted octanol–water partition coefficient (Wildman–Crippen LogP) is 2.47. The van der Waals surface area contributed by atoms with Gasteiger partial charge in [-0.15, -0.1) is 0 Å². The number of sulfonamides is 1. The number of carbonyl (C=O) groups is 1. The second-order valence-corrected chi connectivity index (χ2v) is 9.89. The van der Waals surface area contributed by atoms with E-state index in [4.69, 9.17) is 11.6 Å². The Bertz CT molecular complexity index is 791. The van der Waals surface area contributed by atoms with Crippen LogP contribution in [0.3, 0.4) is 0 Å². The van der Waals surface area contributed by atoms with Crippen molar-refractivity contribution in [1.29, 1.82) is 0 Å². The average Bonchev–Trinajstić information content (AvgIpc) is 2.65. The summed E-state index contributed by atoms with van der Waals surface area (Å²) < 4.78 is 27.5. The lowest BCUT2D eigenvalue weighted by molar-refractivity contribution is -0.127. The van der Waals surface area contributed by atoms with E-state index in [1.165, 1.54) is 4.31 Å². The number of benzene rings is 1. The molecule has 2 fully saturated rings. The largest absolute Gasteiger partial charge is 0.393 e. The van der Waals surface area contributed by atoms with E-state index in [-0.39, 0.29) is 35.4 Å². The molecule has 27 heavy (non-hydrogen) atoms. The number of aliphatic hydroxyl groups excluding tert-OH is 1. The molecule has 2 aliphatic rings. The zero-order valence-electron chi connectivity index (χ0n) is 15.5. The molecule has 0 bridgehead atoms. The van der Waals surface area contributed by atoms with Crippen LogP contribution in [0, 0.1) is 12.8 Å². The number of aliphatic hydroxyl groups is 1. The van der Waals surface area contributed by atoms with Gasteiger partial charge in [-0.1, -0.05) is 17.7 Å². The van der Waals surface area contributed by atoms with Gasteiger partial charge in [-0.3, -0.25) is 4.79 Å². The summed E-state index contributed by atoms with van der Waals surface area (Å²) in [7, 11) is -3.69. The summed E-state index contributed by atoms with van der Waals surface area (Å²) in [6.45, 7) is 2.30. The van der Waals surface area contributed by atoms with E-state index in [1.54, 1.807) is 25.1 Å². The van der Waals surface area contributed by atoms with Crippen molar-refractivity contribution < 1.29 is 18.3 Å². The van der Waals surface area contributed by atoms with Crippen LogP contribution in [0.2, 0.25) is 5.02 Å². The monoisotopic (exact) mass is 414 g/mol. The van der Waals surface area contributed by atoms with Crippen LogP contribution in [0.1, 0.15) is 44.1 Å². The lowest BCUT2D eigenvalue weighted by Gasteiger charge is -2.33. The molecular weight excluding hydrogens is 388 g/mol. The fraction of sp³-hybridized carbons (Fsp3) is 0.632. The summed E-state index contributed by atoms with van der Waals surface area (Å²) >= 11 is 6.09. The van der Waals surface area contributed by atoms with Crippen LogP contribution in [-0.4, -0.2) is 49.0 Å². The molecule has 0 spiro atoms. The van der Waals surface area contributed by atoms with Crippen LogP contribution < -0.4 is 5.32 Å². The number of nitrogens with zero attached hydrogens (tertiary/aromatic N) is 1. The highest BCUT2D eigenvalue weighted by Gasteiger charge is 2.35. The lowest BCUT2D eigenvalue weighted by atomic mass is 9.92. The second kappa shape index (κ2) is 8.47. The lowest BCUT2D eigenvalue weighted by Crippen LogP contribution is -2.48. The van der Waals surface area contributed by atoms with Crippen molar-refractivity contribution >= 4 is 27.5 Å². The van der Waals surface area contributed by atoms with E-state index in [2.05, 4.69) is 5.32 Å². The number of hydrogen-bond donors (Lipinski definition) is 2. The van der Waals surface area contributed by atoms with E-state index < -0.39 is 10.0 Å². The molecule has 1 aliphatic carbocycles. The third-order valence-electron chi connectivity index (χ3n) is 5.63. The van der Waals surface area contributed by atoms with Crippen molar-refractivity contribution in [2.24, 2.45) is 5.92 Å². The van der Waals surface area contributed by atoms with E-state index in [0.29, 0.717) is 42.8 Å². The molecule has 1 heterocycles. The summed E-state index contributed by atoms with van der Waals surface area (Å²) in [6, 6.07) is 4.94. The van der Waals surface area contributed by atoms with Gasteiger partial charge in [0.25, 0.3) is 0 Å². The summed E-state index contributed by atoms with van der Waals surface area (Å²) in [5.74, 6) is -0.432. The Hall–Kier alpha value is -1.15. The number of amides is 1. The van der Waals surface area contributed by atoms with Gasteiger partial charge in [0.05, 0.1) is 16.9 Å². The first-order valence-corrected chi connectivity index (χ1v) is 11.3. The van der Waals surface area contributed by atoms with Crippen LogP contribution >= 0.6 is 11.6 Å². The van der Waals surface area contributed by atoms with Crippen LogP contribution in [0.25, 0.3) is 0 Å². The maximum Gasteiger partial charge on any atom is 0.243 e. The van der Waals surface area contributed by atoms with Crippen LogP contribution in [-0.2, 0) is 14.8 Å². The first-order valence-electron chi connectivity index (χ1n) is 9.52. The molecule has 6 nitrogen and oxygen atoms in total. The minimum atomic E-state index is -3.69. The third-order valence-corrected chi connectivity index (χ3v) is 8.05. The van der Waals surface area contributed by atoms with Gasteiger partial charge in [0.15, 0.2) is 0 Å². The maximum atomic E-state index is 13.1. The Labute approximate surface area is 165 Å². The topological polar surface area (TPSA) is 86.7 Å². The fourth-order valence-electron chi connectivity index (χ4n) is 3.92. The molecule has 1 amide bonds. The van der Waals surface area contributed by atoms with Gasteiger partial charge < -0.3 is 10.4 Å². The first-order chi connectivity index (χ1) is 12.8. The Kier molecular flexibility index (Phi) is 6.46. The number of hydrogen-bond acceptors (Lipinski definition) is 4. The summed E-state index contributed by atoms with van der Waals surface area (Å²) in [6.07, 6.45) is 4.00. The SMILES string of the molecule is Cc1c(Cl)cccc1S(=O)(=O)N1CCC[C@H](C(=O)N[C@H]2CC[C@H](O)CC2)C1. The molecule has 0 radical (unpaired) electrons. The molecular formula is C19H27ClN2O4S. The molecule has 1 aromatic rings. The molecule has 150 valence electrons. The molecule has 1 saturated carbocycles. The number of halogens is 1. The van der Waals surface area contributed by atoms with Gasteiger partial charge in [-0.25, -0.2) is 8.42 Å². The molecule has 0 aromatic heterocycles. The van der Waals surface area contributed by atoms with Crippen molar-refractivity contribution in [2.75, 3.05) is 13.1 Å². The van der Waals surface area contributed by atoms with E-state index >= 15 is 0 Å². The zero-order valence-corrected chi connectivity index (χ0v) is 17.1. The van der Waals surface area contributed by atoms with Crippen molar-refractivity contribution in [3.8, 4) is 0 Å². The number of nitrogens with one attached hydrogen (secondary N) is 1. The highest BCUT2D eigenvalue weighted by Crippen LogP contribution is 2.29.